The van der Waals surface area contributed by atoms with Gasteiger partial charge in [0.15, 0.2) is 0 Å². The Morgan fingerprint density at radius 1 is 1.32 bits per heavy atom. The average Bonchev–Trinajstić information content (AvgIpc) is 2.99. The number of pyridine rings is 1. The van der Waals surface area contributed by atoms with Gasteiger partial charge in [0.2, 0.25) is 0 Å². The van der Waals surface area contributed by atoms with Gasteiger partial charge in [-0.1, -0.05) is 12.1 Å². The number of nitrogen functional groups attached to an aromatic ring is 1. The van der Waals surface area contributed by atoms with E-state index in [0.29, 0.717) is 30.5 Å². The Morgan fingerprint density at radius 3 is 2.82 bits per heavy atom. The highest BCUT2D eigenvalue weighted by Gasteiger charge is 2.35. The van der Waals surface area contributed by atoms with Crippen LogP contribution in [-0.2, 0) is 4.79 Å². The summed E-state index contributed by atoms with van der Waals surface area (Å²) in [6, 6.07) is 4.65. The lowest BCUT2D eigenvalue weighted by atomic mass is 10.0. The van der Waals surface area contributed by atoms with Crippen LogP contribution in [-0.4, -0.2) is 39.5 Å². The number of aromatic nitrogens is 1. The summed E-state index contributed by atoms with van der Waals surface area (Å²) in [5, 5.41) is 10.7. The van der Waals surface area contributed by atoms with E-state index in [0.717, 1.165) is 10.9 Å². The molecule has 3 N–H and O–H groups in total. The van der Waals surface area contributed by atoms with Crippen LogP contribution in [0.1, 0.15) is 28.9 Å². The zero-order valence-electron chi connectivity index (χ0n) is 12.2. The van der Waals surface area contributed by atoms with Crippen LogP contribution in [0.5, 0.6) is 0 Å². The first-order valence-corrected chi connectivity index (χ1v) is 7.18. The van der Waals surface area contributed by atoms with Gasteiger partial charge in [0.1, 0.15) is 11.7 Å². The maximum Gasteiger partial charge on any atom is 0.326 e. The molecule has 1 aliphatic heterocycles. The number of aryl methyl sites for hydroxylation is 1. The first kappa shape index (κ1) is 14.3. The van der Waals surface area contributed by atoms with E-state index < -0.39 is 12.0 Å². The minimum absolute atomic E-state index is 0.261. The number of nitrogens with two attached hydrogens (primary N) is 1. The fourth-order valence-electron chi connectivity index (χ4n) is 2.96. The third-order valence-electron chi connectivity index (χ3n) is 4.21. The molecular weight excluding hydrogens is 282 g/mol. The fraction of sp³-hybridized carbons (Fsp3) is 0.312. The summed E-state index contributed by atoms with van der Waals surface area (Å²) in [7, 11) is 0. The van der Waals surface area contributed by atoms with E-state index in [-0.39, 0.29) is 11.6 Å². The molecule has 1 fully saturated rings. The van der Waals surface area contributed by atoms with Gasteiger partial charge in [-0.15, -0.1) is 0 Å². The van der Waals surface area contributed by atoms with Crippen LogP contribution in [0.4, 0.5) is 5.69 Å². The SMILES string of the molecule is Cc1ccc2c(C(=O)N3CCCC3C(=O)O)nccc2c1N. The van der Waals surface area contributed by atoms with Crippen molar-refractivity contribution in [2.45, 2.75) is 25.8 Å². The first-order valence-electron chi connectivity index (χ1n) is 7.18. The molecule has 0 saturated carbocycles. The minimum Gasteiger partial charge on any atom is -0.480 e. The van der Waals surface area contributed by atoms with Crippen LogP contribution in [0.25, 0.3) is 10.8 Å². The van der Waals surface area contributed by atoms with Gasteiger partial charge in [0.05, 0.1) is 0 Å². The molecule has 1 unspecified atom stereocenters. The summed E-state index contributed by atoms with van der Waals surface area (Å²) in [4.78, 5) is 29.6. The van der Waals surface area contributed by atoms with Crippen molar-refractivity contribution < 1.29 is 14.7 Å². The summed E-state index contributed by atoms with van der Waals surface area (Å²) in [6.07, 6.45) is 2.71. The normalized spacial score (nSPS) is 17.9. The molecule has 2 heterocycles. The first-order chi connectivity index (χ1) is 10.5. The number of hydrogen-bond acceptors (Lipinski definition) is 4. The van der Waals surface area contributed by atoms with Crippen LogP contribution in [0.15, 0.2) is 24.4 Å². The van der Waals surface area contributed by atoms with Crippen molar-refractivity contribution in [3.05, 3.63) is 35.7 Å². The number of benzene rings is 1. The summed E-state index contributed by atoms with van der Waals surface area (Å²) >= 11 is 0. The molecule has 1 aliphatic rings. The van der Waals surface area contributed by atoms with E-state index in [9.17, 15) is 14.7 Å². The van der Waals surface area contributed by atoms with Gasteiger partial charge in [0, 0.05) is 29.2 Å². The number of hydrogen-bond donors (Lipinski definition) is 2. The minimum atomic E-state index is -0.971. The number of carboxylic acids is 1. The number of carbonyl (C=O) groups is 2. The van der Waals surface area contributed by atoms with E-state index in [4.69, 9.17) is 5.73 Å². The molecule has 1 amide bonds. The van der Waals surface area contributed by atoms with Crippen LogP contribution >= 0.6 is 0 Å². The number of rotatable bonds is 2. The number of carbonyl (C=O) groups excluding carboxylic acids is 1. The molecule has 1 aromatic carbocycles. The highest BCUT2D eigenvalue weighted by Crippen LogP contribution is 2.28. The van der Waals surface area contributed by atoms with E-state index in [1.54, 1.807) is 6.07 Å². The van der Waals surface area contributed by atoms with E-state index >= 15 is 0 Å². The van der Waals surface area contributed by atoms with Gasteiger partial charge < -0.3 is 15.7 Å². The Bertz CT molecular complexity index is 773. The van der Waals surface area contributed by atoms with Crippen LogP contribution in [0, 0.1) is 6.92 Å². The van der Waals surface area contributed by atoms with Crippen LogP contribution < -0.4 is 5.73 Å². The number of amides is 1. The zero-order chi connectivity index (χ0) is 15.9. The van der Waals surface area contributed by atoms with Crippen molar-refractivity contribution in [2.75, 3.05) is 12.3 Å². The average molecular weight is 299 g/mol. The van der Waals surface area contributed by atoms with E-state index in [1.165, 1.54) is 11.1 Å². The van der Waals surface area contributed by atoms with Crippen molar-refractivity contribution in [3.8, 4) is 0 Å². The highest BCUT2D eigenvalue weighted by molar-refractivity contribution is 6.09. The fourth-order valence-corrected chi connectivity index (χ4v) is 2.96. The number of anilines is 1. The summed E-state index contributed by atoms with van der Waals surface area (Å²) in [5.41, 5.74) is 7.88. The third-order valence-corrected chi connectivity index (χ3v) is 4.21. The lowest BCUT2D eigenvalue weighted by molar-refractivity contribution is -0.141. The Morgan fingerprint density at radius 2 is 2.09 bits per heavy atom. The lowest BCUT2D eigenvalue weighted by Gasteiger charge is -2.21. The molecule has 6 nitrogen and oxygen atoms in total. The Hall–Kier alpha value is -2.63. The van der Waals surface area contributed by atoms with Crippen molar-refractivity contribution in [3.63, 3.8) is 0 Å². The Labute approximate surface area is 127 Å². The molecule has 114 valence electrons. The van der Waals surface area contributed by atoms with Gasteiger partial charge in [-0.05, 0) is 31.4 Å². The molecule has 2 aromatic rings. The van der Waals surface area contributed by atoms with Crippen LogP contribution in [0.2, 0.25) is 0 Å². The monoisotopic (exact) mass is 299 g/mol. The number of aliphatic carboxylic acids is 1. The molecule has 22 heavy (non-hydrogen) atoms. The summed E-state index contributed by atoms with van der Waals surface area (Å²) in [5.74, 6) is -1.32. The molecule has 0 bridgehead atoms. The van der Waals surface area contributed by atoms with Crippen LogP contribution in [0.3, 0.4) is 0 Å². The Kier molecular flexibility index (Phi) is 3.44. The van der Waals surface area contributed by atoms with Gasteiger partial charge in [-0.25, -0.2) is 4.79 Å². The molecule has 3 rings (SSSR count). The van der Waals surface area contributed by atoms with Gasteiger partial charge in [-0.2, -0.15) is 0 Å². The third kappa shape index (κ3) is 2.16. The van der Waals surface area contributed by atoms with Crippen molar-refractivity contribution in [2.24, 2.45) is 0 Å². The molecule has 1 aromatic heterocycles. The number of fused-ring (bicyclic) bond motifs is 1. The number of nitrogens with zero attached hydrogens (tertiary/aromatic N) is 2. The molecule has 6 heteroatoms. The summed E-state index contributed by atoms with van der Waals surface area (Å²) < 4.78 is 0. The maximum absolute atomic E-state index is 12.7. The zero-order valence-corrected chi connectivity index (χ0v) is 12.2. The smallest absolute Gasteiger partial charge is 0.326 e. The summed E-state index contributed by atoms with van der Waals surface area (Å²) in [6.45, 7) is 2.34. The predicted molar refractivity (Wildman–Crippen MR) is 82.6 cm³/mol. The second-order valence-corrected chi connectivity index (χ2v) is 5.55. The highest BCUT2D eigenvalue weighted by atomic mass is 16.4. The second kappa shape index (κ2) is 5.29. The topological polar surface area (TPSA) is 96.5 Å². The van der Waals surface area contributed by atoms with Gasteiger partial charge >= 0.3 is 5.97 Å². The number of likely N-dealkylation sites (tertiary alicyclic amines) is 1. The standard InChI is InChI=1S/C16H17N3O3/c1-9-4-5-11-10(13(9)17)6-7-18-14(11)15(20)19-8-2-3-12(19)16(21)22/h4-7,12H,2-3,8,17H2,1H3,(H,21,22). The molecule has 1 atom stereocenters. The van der Waals surface area contributed by atoms with Crippen molar-refractivity contribution in [1.82, 2.24) is 9.88 Å². The molecule has 0 radical (unpaired) electrons. The van der Waals surface area contributed by atoms with E-state index in [1.807, 2.05) is 19.1 Å². The predicted octanol–water partition coefficient (Wildman–Crippen LogP) is 1.81. The maximum atomic E-state index is 12.7. The Balaban J connectivity index is 2.09. The molecule has 0 aliphatic carbocycles. The largest absolute Gasteiger partial charge is 0.480 e. The molecular formula is C16H17N3O3. The quantitative estimate of drug-likeness (QED) is 0.824. The lowest BCUT2D eigenvalue weighted by Crippen LogP contribution is -2.40. The number of carboxylic acid groups (broad SMARTS) is 1. The molecule has 1 saturated heterocycles. The van der Waals surface area contributed by atoms with Gasteiger partial charge in [-0.3, -0.25) is 9.78 Å². The van der Waals surface area contributed by atoms with E-state index in [2.05, 4.69) is 4.98 Å². The second-order valence-electron chi connectivity index (χ2n) is 5.55. The molecule has 0 spiro atoms. The van der Waals surface area contributed by atoms with Crippen molar-refractivity contribution >= 4 is 28.3 Å². The van der Waals surface area contributed by atoms with Crippen molar-refractivity contribution in [1.29, 1.82) is 0 Å². The van der Waals surface area contributed by atoms with Gasteiger partial charge in [0.25, 0.3) is 5.91 Å².